The van der Waals surface area contributed by atoms with E-state index in [1.165, 1.54) is 0 Å². The van der Waals surface area contributed by atoms with Crippen molar-refractivity contribution in [1.29, 1.82) is 0 Å². The number of rotatable bonds is 2. The molecule has 16 heavy (non-hydrogen) atoms. The predicted molar refractivity (Wildman–Crippen MR) is 67.2 cm³/mol. The van der Waals surface area contributed by atoms with Crippen LogP contribution in [0, 0.1) is 10.8 Å². The maximum absolute atomic E-state index is 11.7. The van der Waals surface area contributed by atoms with Crippen LogP contribution in [0.1, 0.15) is 26.7 Å². The van der Waals surface area contributed by atoms with Crippen LogP contribution >= 0.6 is 31.9 Å². The second kappa shape index (κ2) is 3.70. The molecule has 0 aromatic heterocycles. The first kappa shape index (κ1) is 12.4. The number of hydrazine groups is 1. The summed E-state index contributed by atoms with van der Waals surface area (Å²) in [7, 11) is 0. The Morgan fingerprint density at radius 1 is 1.00 bits per heavy atom. The van der Waals surface area contributed by atoms with Gasteiger partial charge in [-0.1, -0.05) is 31.9 Å². The summed E-state index contributed by atoms with van der Waals surface area (Å²) in [5.74, 6) is -0.254. The molecule has 0 radical (unpaired) electrons. The van der Waals surface area contributed by atoms with Crippen LogP contribution in [-0.2, 0) is 9.59 Å². The molecule has 0 spiro atoms. The topological polar surface area (TPSA) is 58.2 Å². The zero-order chi connectivity index (χ0) is 12.1. The average Bonchev–Trinajstić information content (AvgIpc) is 3.03. The zero-order valence-corrected chi connectivity index (χ0v) is 12.3. The van der Waals surface area contributed by atoms with Gasteiger partial charge in [0.15, 0.2) is 0 Å². The highest BCUT2D eigenvalue weighted by Crippen LogP contribution is 2.52. The number of amides is 2. The molecule has 0 unspecified atom stereocenters. The lowest BCUT2D eigenvalue weighted by Crippen LogP contribution is -2.48. The molecule has 2 saturated carbocycles. The third-order valence-corrected chi connectivity index (χ3v) is 6.26. The van der Waals surface area contributed by atoms with Gasteiger partial charge in [0, 0.05) is 9.65 Å². The molecule has 0 bridgehead atoms. The van der Waals surface area contributed by atoms with Crippen LogP contribution in [0.4, 0.5) is 0 Å². The summed E-state index contributed by atoms with van der Waals surface area (Å²) in [6, 6.07) is 0. The number of halogens is 2. The fraction of sp³-hybridized carbons (Fsp3) is 0.800. The summed E-state index contributed by atoms with van der Waals surface area (Å²) in [6.07, 6.45) is 1.63. The molecule has 0 aromatic rings. The van der Waals surface area contributed by atoms with Gasteiger partial charge in [0.05, 0.1) is 10.8 Å². The molecule has 2 rings (SSSR count). The Kier molecular flexibility index (Phi) is 2.86. The lowest BCUT2D eigenvalue weighted by molar-refractivity contribution is -0.133. The summed E-state index contributed by atoms with van der Waals surface area (Å²) in [5.41, 5.74) is 4.25. The van der Waals surface area contributed by atoms with Gasteiger partial charge in [0.1, 0.15) is 0 Å². The fourth-order valence-corrected chi connectivity index (χ4v) is 3.26. The first-order valence-corrected chi connectivity index (χ1v) is 7.03. The maximum Gasteiger partial charge on any atom is 0.245 e. The van der Waals surface area contributed by atoms with Crippen molar-refractivity contribution in [2.24, 2.45) is 10.8 Å². The van der Waals surface area contributed by atoms with Crippen molar-refractivity contribution in [2.75, 3.05) is 0 Å². The van der Waals surface area contributed by atoms with E-state index in [-0.39, 0.29) is 32.3 Å². The van der Waals surface area contributed by atoms with Crippen molar-refractivity contribution in [1.82, 2.24) is 10.9 Å². The van der Waals surface area contributed by atoms with Crippen molar-refractivity contribution < 1.29 is 9.59 Å². The number of carbonyl (C=O) groups is 2. The third-order valence-electron chi connectivity index (χ3n) is 3.60. The number of hydrogen-bond donors (Lipinski definition) is 2. The van der Waals surface area contributed by atoms with Crippen molar-refractivity contribution >= 4 is 43.7 Å². The molecule has 4 nitrogen and oxygen atoms in total. The zero-order valence-electron chi connectivity index (χ0n) is 9.14. The van der Waals surface area contributed by atoms with Gasteiger partial charge in [0.25, 0.3) is 0 Å². The van der Waals surface area contributed by atoms with E-state index < -0.39 is 0 Å². The number of alkyl halides is 2. The molecule has 2 aliphatic carbocycles. The quantitative estimate of drug-likeness (QED) is 0.583. The minimum absolute atomic E-state index is 0.127. The van der Waals surface area contributed by atoms with Gasteiger partial charge in [-0.15, -0.1) is 0 Å². The average molecular weight is 354 g/mol. The Morgan fingerprint density at radius 2 is 1.25 bits per heavy atom. The summed E-state index contributed by atoms with van der Waals surface area (Å²) in [6.45, 7) is 3.75. The van der Waals surface area contributed by atoms with E-state index >= 15 is 0 Å². The second-order valence-corrected chi connectivity index (χ2v) is 7.30. The monoisotopic (exact) mass is 352 g/mol. The van der Waals surface area contributed by atoms with E-state index in [9.17, 15) is 9.59 Å². The predicted octanol–water partition coefficient (Wildman–Crippen LogP) is 1.48. The Morgan fingerprint density at radius 3 is 1.44 bits per heavy atom. The molecule has 0 aromatic carbocycles. The molecule has 4 atom stereocenters. The van der Waals surface area contributed by atoms with E-state index in [1.807, 2.05) is 13.8 Å². The molecule has 0 aliphatic heterocycles. The SMILES string of the molecule is C[C@@]1(C(=O)NNC(=O)[C@]2(C)C[C@@H]2Br)C[C@H]1Br. The number of hydrogen-bond acceptors (Lipinski definition) is 2. The molecule has 2 amide bonds. The highest BCUT2D eigenvalue weighted by molar-refractivity contribution is 9.10. The third kappa shape index (κ3) is 1.90. The molecule has 2 aliphatic rings. The second-order valence-electron chi connectivity index (χ2n) is 5.09. The van der Waals surface area contributed by atoms with Gasteiger partial charge in [-0.2, -0.15) is 0 Å². The Bertz CT molecular complexity index is 329. The minimum atomic E-state index is -0.370. The van der Waals surface area contributed by atoms with Gasteiger partial charge in [-0.05, 0) is 26.7 Å². The van der Waals surface area contributed by atoms with Crippen LogP contribution in [0.3, 0.4) is 0 Å². The normalized spacial score (nSPS) is 44.8. The van der Waals surface area contributed by atoms with Crippen LogP contribution in [0.5, 0.6) is 0 Å². The lowest BCUT2D eigenvalue weighted by Gasteiger charge is -2.14. The van der Waals surface area contributed by atoms with Crippen molar-refractivity contribution in [3.8, 4) is 0 Å². The Balaban J connectivity index is 1.81. The summed E-state index contributed by atoms with van der Waals surface area (Å²) < 4.78 is 0. The maximum atomic E-state index is 11.7. The lowest BCUT2D eigenvalue weighted by atomic mass is 10.1. The number of carbonyl (C=O) groups excluding carboxylic acids is 2. The van der Waals surface area contributed by atoms with E-state index in [4.69, 9.17) is 0 Å². The van der Waals surface area contributed by atoms with E-state index in [2.05, 4.69) is 42.7 Å². The summed E-state index contributed by atoms with van der Waals surface area (Å²) in [5, 5.41) is 0. The van der Waals surface area contributed by atoms with Gasteiger partial charge >= 0.3 is 0 Å². The van der Waals surface area contributed by atoms with Crippen LogP contribution in [0.2, 0.25) is 0 Å². The minimum Gasteiger partial charge on any atom is -0.273 e. The van der Waals surface area contributed by atoms with Gasteiger partial charge in [-0.3, -0.25) is 20.4 Å². The van der Waals surface area contributed by atoms with Crippen molar-refractivity contribution in [3.05, 3.63) is 0 Å². The smallest absolute Gasteiger partial charge is 0.245 e. The van der Waals surface area contributed by atoms with Gasteiger partial charge in [-0.25, -0.2) is 0 Å². The first-order chi connectivity index (χ1) is 7.30. The van der Waals surface area contributed by atoms with Crippen LogP contribution < -0.4 is 10.9 Å². The van der Waals surface area contributed by atoms with E-state index in [1.54, 1.807) is 0 Å². The molecule has 0 heterocycles. The molecule has 6 heteroatoms. The molecule has 2 fully saturated rings. The van der Waals surface area contributed by atoms with Crippen LogP contribution in [0.15, 0.2) is 0 Å². The highest BCUT2D eigenvalue weighted by atomic mass is 79.9. The highest BCUT2D eigenvalue weighted by Gasteiger charge is 2.57. The fourth-order valence-electron chi connectivity index (χ4n) is 1.50. The largest absolute Gasteiger partial charge is 0.273 e. The summed E-state index contributed by atoms with van der Waals surface area (Å²) in [4.78, 5) is 23.8. The molecule has 2 N–H and O–H groups in total. The van der Waals surface area contributed by atoms with Gasteiger partial charge < -0.3 is 0 Å². The first-order valence-electron chi connectivity index (χ1n) is 5.20. The Hall–Kier alpha value is -0.100. The van der Waals surface area contributed by atoms with Crippen LogP contribution in [-0.4, -0.2) is 21.5 Å². The standard InChI is InChI=1S/C10H14Br2N2O2/c1-9(3-5(9)11)7(15)13-14-8(16)10(2)4-6(10)12/h5-6H,3-4H2,1-2H3,(H,13,15)(H,14,16)/t5-,6+,9-,10-/m1/s1. The molecule has 0 saturated heterocycles. The van der Waals surface area contributed by atoms with Crippen molar-refractivity contribution in [2.45, 2.75) is 36.3 Å². The summed E-state index contributed by atoms with van der Waals surface area (Å²) >= 11 is 6.79. The van der Waals surface area contributed by atoms with Crippen LogP contribution in [0.25, 0.3) is 0 Å². The molecular formula is C10H14Br2N2O2. The van der Waals surface area contributed by atoms with E-state index in [0.717, 1.165) is 12.8 Å². The van der Waals surface area contributed by atoms with Gasteiger partial charge in [0.2, 0.25) is 11.8 Å². The van der Waals surface area contributed by atoms with Crippen molar-refractivity contribution in [3.63, 3.8) is 0 Å². The van der Waals surface area contributed by atoms with E-state index in [0.29, 0.717) is 0 Å². The number of nitrogens with one attached hydrogen (secondary N) is 2. The molecule has 90 valence electrons. The molecular weight excluding hydrogens is 340 g/mol. The Labute approximate surface area is 111 Å².